The minimum atomic E-state index is -0.413. The van der Waals surface area contributed by atoms with Crippen molar-refractivity contribution >= 4 is 16.6 Å². The Bertz CT molecular complexity index is 1680. The van der Waals surface area contributed by atoms with Crippen LogP contribution in [0, 0.1) is 27.7 Å². The molecule has 5 aromatic rings. The number of aromatic nitrogens is 5. The summed E-state index contributed by atoms with van der Waals surface area (Å²) >= 11 is 0. The van der Waals surface area contributed by atoms with Crippen LogP contribution in [0.5, 0.6) is 0 Å². The fourth-order valence-corrected chi connectivity index (χ4v) is 5.66. The number of pyridine rings is 1. The van der Waals surface area contributed by atoms with Gasteiger partial charge in [0.1, 0.15) is 18.3 Å². The third-order valence-corrected chi connectivity index (χ3v) is 8.05. The number of benzene rings is 2. The fourth-order valence-electron chi connectivity index (χ4n) is 5.66. The van der Waals surface area contributed by atoms with Crippen molar-refractivity contribution in [2.45, 2.75) is 40.3 Å². The molecule has 39 heavy (non-hydrogen) atoms. The topological polar surface area (TPSA) is 96.1 Å². The first kappa shape index (κ1) is 25.1. The number of fused-ring (bicyclic) bond motifs is 1. The third kappa shape index (κ3) is 4.63. The van der Waals surface area contributed by atoms with Gasteiger partial charge in [-0.05, 0) is 84.6 Å². The zero-order valence-corrected chi connectivity index (χ0v) is 22.8. The first-order valence-corrected chi connectivity index (χ1v) is 13.4. The lowest BCUT2D eigenvalue weighted by Crippen LogP contribution is -2.49. The van der Waals surface area contributed by atoms with Gasteiger partial charge in [-0.1, -0.05) is 24.3 Å². The maximum Gasteiger partial charge on any atom is 0.253 e. The van der Waals surface area contributed by atoms with E-state index in [4.69, 9.17) is 4.42 Å². The summed E-state index contributed by atoms with van der Waals surface area (Å²) in [5.74, 6) is 1.38. The Balaban J connectivity index is 1.41. The van der Waals surface area contributed by atoms with Gasteiger partial charge in [-0.3, -0.25) is 9.69 Å². The van der Waals surface area contributed by atoms with E-state index < -0.39 is 6.04 Å². The highest BCUT2D eigenvalue weighted by atomic mass is 16.3. The van der Waals surface area contributed by atoms with Gasteiger partial charge >= 0.3 is 0 Å². The number of furan rings is 1. The van der Waals surface area contributed by atoms with E-state index in [2.05, 4.69) is 75.3 Å². The molecule has 200 valence electrons. The summed E-state index contributed by atoms with van der Waals surface area (Å²) in [4.78, 5) is 21.6. The molecule has 2 aromatic carbocycles. The zero-order chi connectivity index (χ0) is 27.1. The Hall–Kier alpha value is -4.24. The second-order valence-electron chi connectivity index (χ2n) is 10.5. The Morgan fingerprint density at radius 2 is 1.74 bits per heavy atom. The largest absolute Gasteiger partial charge is 0.467 e. The molecule has 1 aliphatic rings. The van der Waals surface area contributed by atoms with Crippen LogP contribution < -0.4 is 10.5 Å². The molecule has 1 unspecified atom stereocenters. The van der Waals surface area contributed by atoms with E-state index in [1.165, 1.54) is 16.8 Å². The van der Waals surface area contributed by atoms with Crippen molar-refractivity contribution in [1.29, 1.82) is 0 Å². The normalized spacial score (nSPS) is 15.2. The van der Waals surface area contributed by atoms with Gasteiger partial charge in [-0.25, -0.2) is 4.68 Å². The van der Waals surface area contributed by atoms with Crippen molar-refractivity contribution in [3.63, 3.8) is 0 Å². The van der Waals surface area contributed by atoms with Gasteiger partial charge in [-0.2, -0.15) is 0 Å². The predicted molar refractivity (Wildman–Crippen MR) is 151 cm³/mol. The minimum Gasteiger partial charge on any atom is -0.467 e. The van der Waals surface area contributed by atoms with Crippen LogP contribution in [0.2, 0.25) is 0 Å². The van der Waals surface area contributed by atoms with E-state index in [-0.39, 0.29) is 5.56 Å². The summed E-state index contributed by atoms with van der Waals surface area (Å²) < 4.78 is 7.33. The van der Waals surface area contributed by atoms with E-state index in [0.717, 1.165) is 54.0 Å². The SMILES string of the molecule is Cc1cccc(N2CCN(C(c3cc4c(C)ccc(C)c4[nH]c3=O)c3nnnn3Cc3ccco3)CC2)c1C. The first-order chi connectivity index (χ1) is 18.9. The lowest BCUT2D eigenvalue weighted by molar-refractivity contribution is 0.200. The molecule has 6 rings (SSSR count). The molecule has 0 bridgehead atoms. The van der Waals surface area contributed by atoms with Gasteiger partial charge in [0.25, 0.3) is 5.56 Å². The zero-order valence-electron chi connectivity index (χ0n) is 22.8. The van der Waals surface area contributed by atoms with E-state index >= 15 is 0 Å². The van der Waals surface area contributed by atoms with Crippen molar-refractivity contribution in [2.24, 2.45) is 0 Å². The Kier molecular flexibility index (Phi) is 6.52. The maximum absolute atomic E-state index is 13.7. The summed E-state index contributed by atoms with van der Waals surface area (Å²) in [5.41, 5.74) is 7.42. The molecule has 0 spiro atoms. The Labute approximate surface area is 227 Å². The molecule has 9 nitrogen and oxygen atoms in total. The van der Waals surface area contributed by atoms with E-state index in [0.29, 0.717) is 17.9 Å². The van der Waals surface area contributed by atoms with E-state index in [9.17, 15) is 4.79 Å². The highest BCUT2D eigenvalue weighted by Gasteiger charge is 2.33. The minimum absolute atomic E-state index is 0.120. The second-order valence-corrected chi connectivity index (χ2v) is 10.5. The monoisotopic (exact) mass is 523 g/mol. The molecule has 1 fully saturated rings. The second kappa shape index (κ2) is 10.1. The van der Waals surface area contributed by atoms with Gasteiger partial charge in [0.05, 0.1) is 11.8 Å². The molecule has 3 aromatic heterocycles. The van der Waals surface area contributed by atoms with Crippen LogP contribution >= 0.6 is 0 Å². The summed E-state index contributed by atoms with van der Waals surface area (Å²) in [7, 11) is 0. The van der Waals surface area contributed by atoms with Crippen molar-refractivity contribution in [3.05, 3.63) is 105 Å². The van der Waals surface area contributed by atoms with Crippen molar-refractivity contribution < 1.29 is 4.42 Å². The average molecular weight is 524 g/mol. The smallest absolute Gasteiger partial charge is 0.253 e. The molecule has 4 heterocycles. The van der Waals surface area contributed by atoms with Gasteiger partial charge in [0.15, 0.2) is 5.82 Å². The molecule has 9 heteroatoms. The number of hydrogen-bond acceptors (Lipinski definition) is 7. The third-order valence-electron chi connectivity index (χ3n) is 8.05. The lowest BCUT2D eigenvalue weighted by Gasteiger charge is -2.40. The number of aryl methyl sites for hydroxylation is 3. The molecule has 1 saturated heterocycles. The number of hydrogen-bond donors (Lipinski definition) is 1. The number of nitrogens with zero attached hydrogens (tertiary/aromatic N) is 6. The number of piperazine rings is 1. The van der Waals surface area contributed by atoms with Crippen molar-refractivity contribution in [2.75, 3.05) is 31.1 Å². The van der Waals surface area contributed by atoms with Crippen LogP contribution in [-0.2, 0) is 6.54 Å². The van der Waals surface area contributed by atoms with Gasteiger partial charge < -0.3 is 14.3 Å². The van der Waals surface area contributed by atoms with Crippen LogP contribution in [0.25, 0.3) is 10.9 Å². The number of rotatable bonds is 6. The Morgan fingerprint density at radius 1 is 0.949 bits per heavy atom. The van der Waals surface area contributed by atoms with E-state index in [1.54, 1.807) is 10.9 Å². The first-order valence-electron chi connectivity index (χ1n) is 13.4. The summed E-state index contributed by atoms with van der Waals surface area (Å²) in [6, 6.07) is 16.0. The fraction of sp³-hybridized carbons (Fsp3) is 0.333. The number of H-pyrrole nitrogens is 1. The van der Waals surface area contributed by atoms with Gasteiger partial charge in [0, 0.05) is 42.8 Å². The number of nitrogens with one attached hydrogen (secondary N) is 1. The summed E-state index contributed by atoms with van der Waals surface area (Å²) in [6.07, 6.45) is 1.64. The number of anilines is 1. The molecular formula is C30H33N7O2. The maximum atomic E-state index is 13.7. The highest BCUT2D eigenvalue weighted by molar-refractivity contribution is 5.85. The van der Waals surface area contributed by atoms with Crippen LogP contribution in [0.4, 0.5) is 5.69 Å². The highest BCUT2D eigenvalue weighted by Crippen LogP contribution is 2.31. The molecule has 0 amide bonds. The number of aromatic amines is 1. The molecule has 0 aliphatic carbocycles. The summed E-state index contributed by atoms with van der Waals surface area (Å²) in [5, 5.41) is 13.8. The van der Waals surface area contributed by atoms with Crippen LogP contribution in [-0.4, -0.2) is 56.3 Å². The molecule has 1 N–H and O–H groups in total. The van der Waals surface area contributed by atoms with Crippen LogP contribution in [0.15, 0.2) is 64.0 Å². The molecular weight excluding hydrogens is 490 g/mol. The molecule has 0 saturated carbocycles. The van der Waals surface area contributed by atoms with E-state index in [1.807, 2.05) is 31.2 Å². The van der Waals surface area contributed by atoms with Gasteiger partial charge in [-0.15, -0.1) is 5.10 Å². The lowest BCUT2D eigenvalue weighted by atomic mass is 9.99. The molecule has 1 aliphatic heterocycles. The van der Waals surface area contributed by atoms with Crippen LogP contribution in [0.1, 0.15) is 45.4 Å². The summed E-state index contributed by atoms with van der Waals surface area (Å²) in [6.45, 7) is 12.0. The predicted octanol–water partition coefficient (Wildman–Crippen LogP) is 4.30. The van der Waals surface area contributed by atoms with Crippen LogP contribution in [0.3, 0.4) is 0 Å². The average Bonchev–Trinajstić information content (AvgIpc) is 3.62. The van der Waals surface area contributed by atoms with Gasteiger partial charge in [0.2, 0.25) is 0 Å². The molecule has 0 radical (unpaired) electrons. The van der Waals surface area contributed by atoms with Crippen molar-refractivity contribution in [1.82, 2.24) is 30.1 Å². The standard InChI is InChI=1S/C30H33N7O2/c1-19-7-5-9-26(22(19)4)35-12-14-36(15-13-35)28(29-32-33-34-37(29)18-23-8-6-16-39-23)25-17-24-20(2)10-11-21(3)27(24)31-30(25)38/h5-11,16-17,28H,12-15,18H2,1-4H3,(H,31,38). The van der Waals surface area contributed by atoms with Crippen molar-refractivity contribution in [3.8, 4) is 0 Å². The number of tetrazole rings is 1. The quantitative estimate of drug-likeness (QED) is 0.354. The Morgan fingerprint density at radius 3 is 2.51 bits per heavy atom. The molecule has 1 atom stereocenters.